The van der Waals surface area contributed by atoms with E-state index < -0.39 is 0 Å². The van der Waals surface area contributed by atoms with Crippen molar-refractivity contribution in [2.75, 3.05) is 26.7 Å². The van der Waals surface area contributed by atoms with E-state index >= 15 is 0 Å². The number of rotatable bonds is 4. The first kappa shape index (κ1) is 15.4. The van der Waals surface area contributed by atoms with Crippen LogP contribution in [0.1, 0.15) is 18.2 Å². The number of likely N-dealkylation sites (N-methyl/N-ethyl adjacent to an activating group) is 1. The number of aryl methyl sites for hydroxylation is 1. The Morgan fingerprint density at radius 1 is 1.36 bits per heavy atom. The summed E-state index contributed by atoms with van der Waals surface area (Å²) in [4.78, 5) is 6.88. The predicted octanol–water partition coefficient (Wildman–Crippen LogP) is 2.35. The summed E-state index contributed by atoms with van der Waals surface area (Å²) in [6, 6.07) is 11.0. The molecule has 1 N–H and O–H groups in total. The van der Waals surface area contributed by atoms with Crippen LogP contribution in [0.15, 0.2) is 30.3 Å². The minimum atomic E-state index is 0.267. The third-order valence-corrected chi connectivity index (χ3v) is 4.38. The van der Waals surface area contributed by atoms with Crippen molar-refractivity contribution < 1.29 is 4.74 Å². The van der Waals surface area contributed by atoms with E-state index in [1.54, 1.807) is 0 Å². The highest BCUT2D eigenvalue weighted by Gasteiger charge is 2.23. The van der Waals surface area contributed by atoms with Gasteiger partial charge in [0.15, 0.2) is 0 Å². The van der Waals surface area contributed by atoms with E-state index in [9.17, 15) is 0 Å². The van der Waals surface area contributed by atoms with Crippen LogP contribution in [0, 0.1) is 6.92 Å². The maximum Gasteiger partial charge on any atom is 0.0852 e. The highest BCUT2D eigenvalue weighted by Crippen LogP contribution is 2.15. The van der Waals surface area contributed by atoms with Gasteiger partial charge in [0.1, 0.15) is 0 Å². The Balaban J connectivity index is 1.62. The molecule has 4 nitrogen and oxygen atoms in total. The normalized spacial score (nSPS) is 21.1. The molecule has 1 aliphatic heterocycles. The van der Waals surface area contributed by atoms with Crippen molar-refractivity contribution in [1.82, 2.24) is 15.2 Å². The van der Waals surface area contributed by atoms with E-state index in [0.717, 1.165) is 37.5 Å². The van der Waals surface area contributed by atoms with Crippen LogP contribution in [0.3, 0.4) is 0 Å². The summed E-state index contributed by atoms with van der Waals surface area (Å²) in [7, 11) is 2.15. The van der Waals surface area contributed by atoms with Gasteiger partial charge < -0.3 is 15.0 Å². The largest absolute Gasteiger partial charge is 0.374 e. The molecule has 1 aromatic heterocycles. The lowest BCUT2D eigenvalue weighted by atomic mass is 10.1. The minimum absolute atomic E-state index is 0.267. The van der Waals surface area contributed by atoms with Gasteiger partial charge in [0, 0.05) is 36.8 Å². The van der Waals surface area contributed by atoms with Crippen LogP contribution in [-0.2, 0) is 11.3 Å². The van der Waals surface area contributed by atoms with Gasteiger partial charge in [-0.3, -0.25) is 4.98 Å². The van der Waals surface area contributed by atoms with Crippen LogP contribution in [0.4, 0.5) is 0 Å². The van der Waals surface area contributed by atoms with Crippen LogP contribution in [0.25, 0.3) is 10.9 Å². The zero-order valence-electron chi connectivity index (χ0n) is 13.7. The van der Waals surface area contributed by atoms with E-state index in [-0.39, 0.29) is 6.10 Å². The Morgan fingerprint density at radius 3 is 3.05 bits per heavy atom. The topological polar surface area (TPSA) is 37.4 Å². The second kappa shape index (κ2) is 6.73. The number of pyridine rings is 1. The highest BCUT2D eigenvalue weighted by molar-refractivity contribution is 5.79. The van der Waals surface area contributed by atoms with Crippen LogP contribution >= 0.6 is 0 Å². The first-order valence-corrected chi connectivity index (χ1v) is 8.01. The van der Waals surface area contributed by atoms with Crippen molar-refractivity contribution in [1.29, 1.82) is 0 Å². The Bertz CT molecular complexity index is 643. The summed E-state index contributed by atoms with van der Waals surface area (Å²) >= 11 is 0. The summed E-state index contributed by atoms with van der Waals surface area (Å²) < 4.78 is 5.87. The number of morpholine rings is 1. The van der Waals surface area contributed by atoms with Crippen molar-refractivity contribution in [2.45, 2.75) is 32.5 Å². The minimum Gasteiger partial charge on any atom is -0.374 e. The van der Waals surface area contributed by atoms with E-state index in [1.807, 2.05) is 6.92 Å². The van der Waals surface area contributed by atoms with Crippen LogP contribution < -0.4 is 5.32 Å². The second-order valence-corrected chi connectivity index (χ2v) is 6.32. The lowest BCUT2D eigenvalue weighted by Crippen LogP contribution is -2.49. The third kappa shape index (κ3) is 3.64. The Morgan fingerprint density at radius 2 is 2.23 bits per heavy atom. The number of hydrogen-bond acceptors (Lipinski definition) is 4. The molecular formula is C18H25N3O. The van der Waals surface area contributed by atoms with Crippen LogP contribution in [0.5, 0.6) is 0 Å². The molecule has 1 fully saturated rings. The molecule has 0 spiro atoms. The van der Waals surface area contributed by atoms with Gasteiger partial charge >= 0.3 is 0 Å². The number of hydrogen-bond donors (Lipinski definition) is 1. The monoisotopic (exact) mass is 299 g/mol. The summed E-state index contributed by atoms with van der Waals surface area (Å²) in [6.45, 7) is 7.94. The van der Waals surface area contributed by atoms with Crippen molar-refractivity contribution >= 4 is 10.9 Å². The molecule has 1 aromatic carbocycles. The van der Waals surface area contributed by atoms with Crippen molar-refractivity contribution in [3.05, 3.63) is 41.6 Å². The van der Waals surface area contributed by atoms with Crippen molar-refractivity contribution in [2.24, 2.45) is 0 Å². The molecule has 0 amide bonds. The molecule has 118 valence electrons. The number of benzene rings is 1. The Hall–Kier alpha value is -1.49. The molecule has 1 saturated heterocycles. The van der Waals surface area contributed by atoms with E-state index in [0.29, 0.717) is 6.04 Å². The highest BCUT2D eigenvalue weighted by atomic mass is 16.5. The number of aromatic nitrogens is 1. The van der Waals surface area contributed by atoms with Gasteiger partial charge in [0.25, 0.3) is 0 Å². The van der Waals surface area contributed by atoms with Crippen molar-refractivity contribution in [3.8, 4) is 0 Å². The summed E-state index contributed by atoms with van der Waals surface area (Å²) in [5.41, 5.74) is 3.41. The first-order chi connectivity index (χ1) is 10.6. The molecule has 0 bridgehead atoms. The Labute approximate surface area is 132 Å². The average molecular weight is 299 g/mol. The lowest BCUT2D eigenvalue weighted by molar-refractivity contribution is -0.0356. The van der Waals surface area contributed by atoms with E-state index in [2.05, 4.69) is 59.5 Å². The molecular weight excluding hydrogens is 274 g/mol. The average Bonchev–Trinajstić information content (AvgIpc) is 2.52. The van der Waals surface area contributed by atoms with Gasteiger partial charge in [-0.1, -0.05) is 12.1 Å². The fourth-order valence-electron chi connectivity index (χ4n) is 2.91. The van der Waals surface area contributed by atoms with Gasteiger partial charge in [0.05, 0.1) is 18.2 Å². The smallest absolute Gasteiger partial charge is 0.0852 e. The molecule has 0 saturated carbocycles. The molecule has 0 radical (unpaired) electrons. The third-order valence-electron chi connectivity index (χ3n) is 4.38. The molecule has 2 unspecified atom stereocenters. The molecule has 4 heteroatoms. The fourth-order valence-corrected chi connectivity index (χ4v) is 2.91. The molecule has 0 aliphatic carbocycles. The molecule has 22 heavy (non-hydrogen) atoms. The van der Waals surface area contributed by atoms with Gasteiger partial charge in [-0.2, -0.15) is 0 Å². The second-order valence-electron chi connectivity index (χ2n) is 6.32. The summed E-state index contributed by atoms with van der Waals surface area (Å²) in [6.07, 6.45) is 0.267. The number of fused-ring (bicyclic) bond motifs is 1. The zero-order valence-corrected chi connectivity index (χ0v) is 13.7. The summed E-state index contributed by atoms with van der Waals surface area (Å²) in [5, 5.41) is 4.79. The molecule has 1 aliphatic rings. The molecule has 3 rings (SSSR count). The number of nitrogens with one attached hydrogen (secondary N) is 1. The fraction of sp³-hybridized carbons (Fsp3) is 0.500. The first-order valence-electron chi connectivity index (χ1n) is 8.01. The number of nitrogens with zero attached hydrogens (tertiary/aromatic N) is 2. The zero-order chi connectivity index (χ0) is 15.5. The molecule has 2 aromatic rings. The summed E-state index contributed by atoms with van der Waals surface area (Å²) in [5.74, 6) is 0. The number of ether oxygens (including phenoxy) is 1. The van der Waals surface area contributed by atoms with E-state index in [1.165, 1.54) is 10.9 Å². The van der Waals surface area contributed by atoms with Gasteiger partial charge in [-0.25, -0.2) is 0 Å². The van der Waals surface area contributed by atoms with Gasteiger partial charge in [0.2, 0.25) is 0 Å². The van der Waals surface area contributed by atoms with Gasteiger partial charge in [-0.15, -0.1) is 0 Å². The lowest BCUT2D eigenvalue weighted by Gasteiger charge is -2.34. The van der Waals surface area contributed by atoms with Crippen LogP contribution in [0.2, 0.25) is 0 Å². The van der Waals surface area contributed by atoms with Gasteiger partial charge in [-0.05, 0) is 44.7 Å². The SMILES string of the molecule is Cc1ccc2cc(CNC(C)C3CN(C)CCO3)ccc2n1. The van der Waals surface area contributed by atoms with Crippen molar-refractivity contribution in [3.63, 3.8) is 0 Å². The maximum atomic E-state index is 5.87. The van der Waals surface area contributed by atoms with Crippen LogP contribution in [-0.4, -0.2) is 48.8 Å². The van der Waals surface area contributed by atoms with E-state index in [4.69, 9.17) is 4.74 Å². The maximum absolute atomic E-state index is 5.87. The Kier molecular flexibility index (Phi) is 4.71. The molecule has 2 heterocycles. The standard InChI is InChI=1S/C18H25N3O/c1-13-4-6-16-10-15(5-7-17(16)20-13)11-19-14(2)18-12-21(3)8-9-22-18/h4-7,10,14,18-19H,8-9,11-12H2,1-3H3. The molecule has 2 atom stereocenters. The predicted molar refractivity (Wildman–Crippen MR) is 90.0 cm³/mol. The quantitative estimate of drug-likeness (QED) is 0.940.